The van der Waals surface area contributed by atoms with Gasteiger partial charge >= 0.3 is 0 Å². The molecule has 0 atom stereocenters. The Labute approximate surface area is 205 Å². The molecule has 0 aromatic heterocycles. The predicted molar refractivity (Wildman–Crippen MR) is 136 cm³/mol. The number of fused-ring (bicyclic) bond motifs is 3. The van der Waals surface area contributed by atoms with Crippen molar-refractivity contribution in [3.63, 3.8) is 0 Å². The lowest BCUT2D eigenvalue weighted by Gasteiger charge is -2.22. The minimum Gasteiger partial charge on any atom is -0.508 e. The quantitative estimate of drug-likeness (QED) is 0.326. The van der Waals surface area contributed by atoms with Gasteiger partial charge in [-0.05, 0) is 96.0 Å². The van der Waals surface area contributed by atoms with Crippen molar-refractivity contribution in [1.29, 1.82) is 0 Å². The van der Waals surface area contributed by atoms with Crippen molar-refractivity contribution in [2.45, 2.75) is 25.7 Å². The van der Waals surface area contributed by atoms with Crippen LogP contribution in [0, 0.1) is 0 Å². The molecule has 4 aromatic carbocycles. The van der Waals surface area contributed by atoms with Crippen molar-refractivity contribution in [3.05, 3.63) is 95.1 Å². The maximum atomic E-state index is 10.3. The Morgan fingerprint density at radius 2 is 1.40 bits per heavy atom. The fourth-order valence-electron chi connectivity index (χ4n) is 4.74. The summed E-state index contributed by atoms with van der Waals surface area (Å²) in [6, 6.07) is 22.9. The van der Waals surface area contributed by atoms with E-state index in [1.165, 1.54) is 22.3 Å². The lowest BCUT2D eigenvalue weighted by Crippen LogP contribution is -2.05. The average molecular weight is 469 g/mol. The maximum absolute atomic E-state index is 10.3. The molecule has 0 amide bonds. The summed E-state index contributed by atoms with van der Waals surface area (Å²) in [4.78, 5) is 0. The van der Waals surface area contributed by atoms with Crippen molar-refractivity contribution >= 4 is 0 Å². The molecule has 35 heavy (non-hydrogen) atoms. The number of methoxy groups -OCH3 is 2. The van der Waals surface area contributed by atoms with E-state index in [2.05, 4.69) is 24.3 Å². The highest BCUT2D eigenvalue weighted by atomic mass is 16.5. The minimum absolute atomic E-state index is 0.123. The van der Waals surface area contributed by atoms with Gasteiger partial charge in [-0.2, -0.15) is 0 Å². The fraction of sp³-hybridized carbons (Fsp3) is 0.200. The zero-order chi connectivity index (χ0) is 24.4. The SMILES string of the molecule is COc1ccc2c(c1)CCc1cc(Oc3c(CCc4cccc(O)c4)cc(O)cc3OC)ccc1-2. The molecule has 2 N–H and O–H groups in total. The molecule has 5 heteroatoms. The monoisotopic (exact) mass is 468 g/mol. The van der Waals surface area contributed by atoms with Gasteiger partial charge in [0.2, 0.25) is 0 Å². The second-order valence-corrected chi connectivity index (χ2v) is 8.75. The van der Waals surface area contributed by atoms with Crippen LogP contribution in [0.3, 0.4) is 0 Å². The summed E-state index contributed by atoms with van der Waals surface area (Å²) in [7, 11) is 3.26. The Morgan fingerprint density at radius 3 is 2.09 bits per heavy atom. The van der Waals surface area contributed by atoms with Crippen molar-refractivity contribution in [1.82, 2.24) is 0 Å². The van der Waals surface area contributed by atoms with Crippen LogP contribution in [0.25, 0.3) is 11.1 Å². The molecule has 0 fully saturated rings. The van der Waals surface area contributed by atoms with Crippen LogP contribution in [0.4, 0.5) is 0 Å². The largest absolute Gasteiger partial charge is 0.508 e. The Hall–Kier alpha value is -4.12. The highest BCUT2D eigenvalue weighted by molar-refractivity contribution is 5.74. The third kappa shape index (κ3) is 4.76. The van der Waals surface area contributed by atoms with Gasteiger partial charge in [0.1, 0.15) is 23.0 Å². The van der Waals surface area contributed by atoms with Crippen LogP contribution in [0.2, 0.25) is 0 Å². The fourth-order valence-corrected chi connectivity index (χ4v) is 4.74. The van der Waals surface area contributed by atoms with E-state index in [1.807, 2.05) is 24.3 Å². The van der Waals surface area contributed by atoms with E-state index in [1.54, 1.807) is 38.5 Å². The van der Waals surface area contributed by atoms with Gasteiger partial charge in [-0.1, -0.05) is 24.3 Å². The molecule has 5 rings (SSSR count). The van der Waals surface area contributed by atoms with Gasteiger partial charge in [0.15, 0.2) is 11.5 Å². The summed E-state index contributed by atoms with van der Waals surface area (Å²) >= 11 is 0. The zero-order valence-corrected chi connectivity index (χ0v) is 19.9. The van der Waals surface area contributed by atoms with Gasteiger partial charge in [-0.15, -0.1) is 0 Å². The van der Waals surface area contributed by atoms with Crippen molar-refractivity contribution in [3.8, 4) is 45.6 Å². The normalized spacial score (nSPS) is 11.9. The van der Waals surface area contributed by atoms with E-state index in [-0.39, 0.29) is 11.5 Å². The van der Waals surface area contributed by atoms with E-state index in [4.69, 9.17) is 14.2 Å². The zero-order valence-electron chi connectivity index (χ0n) is 19.9. The van der Waals surface area contributed by atoms with Crippen LogP contribution in [-0.4, -0.2) is 24.4 Å². The molecule has 0 radical (unpaired) electrons. The molecule has 4 aromatic rings. The lowest BCUT2D eigenvalue weighted by atomic mass is 9.85. The number of ether oxygens (including phenoxy) is 3. The summed E-state index contributed by atoms with van der Waals surface area (Å²) in [6.07, 6.45) is 3.16. The van der Waals surface area contributed by atoms with Gasteiger partial charge in [-0.3, -0.25) is 0 Å². The van der Waals surface area contributed by atoms with E-state index in [9.17, 15) is 10.2 Å². The number of phenols is 2. The number of hydrogen-bond acceptors (Lipinski definition) is 5. The molecule has 1 aliphatic carbocycles. The summed E-state index contributed by atoms with van der Waals surface area (Å²) in [5, 5.41) is 20.0. The first kappa shape index (κ1) is 22.7. The Bertz CT molecular complexity index is 1380. The molecule has 0 spiro atoms. The molecule has 0 saturated carbocycles. The first-order chi connectivity index (χ1) is 17.0. The molecule has 0 unspecified atom stereocenters. The predicted octanol–water partition coefficient (Wildman–Crippen LogP) is 6.46. The Morgan fingerprint density at radius 1 is 0.686 bits per heavy atom. The van der Waals surface area contributed by atoms with Gasteiger partial charge in [-0.25, -0.2) is 0 Å². The minimum atomic E-state index is 0.123. The van der Waals surface area contributed by atoms with E-state index < -0.39 is 0 Å². The van der Waals surface area contributed by atoms with Crippen molar-refractivity contribution in [2.24, 2.45) is 0 Å². The number of benzene rings is 4. The Balaban J connectivity index is 1.44. The van der Waals surface area contributed by atoms with Crippen LogP contribution in [0.15, 0.2) is 72.8 Å². The molecule has 0 heterocycles. The van der Waals surface area contributed by atoms with Crippen LogP contribution in [-0.2, 0) is 25.7 Å². The van der Waals surface area contributed by atoms with Gasteiger partial charge in [0, 0.05) is 11.6 Å². The van der Waals surface area contributed by atoms with E-state index >= 15 is 0 Å². The third-order valence-electron chi connectivity index (χ3n) is 6.49. The van der Waals surface area contributed by atoms with Crippen LogP contribution >= 0.6 is 0 Å². The molecule has 0 aliphatic heterocycles. The van der Waals surface area contributed by atoms with E-state index in [0.29, 0.717) is 24.3 Å². The van der Waals surface area contributed by atoms with Gasteiger partial charge in [0.25, 0.3) is 0 Å². The summed E-state index contributed by atoms with van der Waals surface area (Å²) in [6.45, 7) is 0. The average Bonchev–Trinajstić information content (AvgIpc) is 2.87. The smallest absolute Gasteiger partial charge is 0.172 e. The number of aryl methyl sites for hydroxylation is 4. The molecule has 0 saturated heterocycles. The maximum Gasteiger partial charge on any atom is 0.172 e. The third-order valence-corrected chi connectivity index (χ3v) is 6.49. The highest BCUT2D eigenvalue weighted by Crippen LogP contribution is 2.42. The first-order valence-electron chi connectivity index (χ1n) is 11.7. The van der Waals surface area contributed by atoms with Crippen molar-refractivity contribution in [2.75, 3.05) is 14.2 Å². The van der Waals surface area contributed by atoms with Crippen LogP contribution < -0.4 is 14.2 Å². The molecule has 0 bridgehead atoms. The molecule has 1 aliphatic rings. The van der Waals surface area contributed by atoms with Gasteiger partial charge < -0.3 is 24.4 Å². The Kier molecular flexibility index (Phi) is 6.23. The van der Waals surface area contributed by atoms with Crippen molar-refractivity contribution < 1.29 is 24.4 Å². The second kappa shape index (κ2) is 9.63. The summed E-state index contributed by atoms with van der Waals surface area (Å²) in [5.74, 6) is 3.03. The number of phenolic OH excluding ortho intramolecular Hbond substituents is 2. The number of aromatic hydroxyl groups is 2. The second-order valence-electron chi connectivity index (χ2n) is 8.75. The highest BCUT2D eigenvalue weighted by Gasteiger charge is 2.19. The number of rotatable bonds is 7. The van der Waals surface area contributed by atoms with Crippen LogP contribution in [0.1, 0.15) is 22.3 Å². The molecular formula is C30H28O5. The molecular weight excluding hydrogens is 440 g/mol. The summed E-state index contributed by atoms with van der Waals surface area (Å²) in [5.41, 5.74) is 6.80. The first-order valence-corrected chi connectivity index (χ1v) is 11.7. The van der Waals surface area contributed by atoms with Gasteiger partial charge in [0.05, 0.1) is 14.2 Å². The molecule has 5 nitrogen and oxygen atoms in total. The summed E-state index contributed by atoms with van der Waals surface area (Å²) < 4.78 is 17.3. The van der Waals surface area contributed by atoms with E-state index in [0.717, 1.165) is 35.5 Å². The standard InChI is InChI=1S/C30H28O5/c1-33-25-10-12-27-20(16-25)8-9-21-17-26(11-13-28(21)27)35-30-22(15-24(32)18-29(30)34-2)7-6-19-4-3-5-23(31)14-19/h3-5,10-18,31-32H,6-9H2,1-2H3. The lowest BCUT2D eigenvalue weighted by molar-refractivity contribution is 0.371. The van der Waals surface area contributed by atoms with Crippen LogP contribution in [0.5, 0.6) is 34.5 Å². The molecule has 178 valence electrons. The topological polar surface area (TPSA) is 68.2 Å². The number of hydrogen-bond donors (Lipinski definition) is 2.